The van der Waals surface area contributed by atoms with Crippen LogP contribution in [0.2, 0.25) is 10.0 Å². The van der Waals surface area contributed by atoms with Crippen molar-refractivity contribution in [1.29, 1.82) is 0 Å². The summed E-state index contributed by atoms with van der Waals surface area (Å²) >= 11 is 12.1. The molecule has 0 saturated carbocycles. The zero-order chi connectivity index (χ0) is 13.8. The number of halogens is 2. The molecule has 100 valence electrons. The summed E-state index contributed by atoms with van der Waals surface area (Å²) in [6.07, 6.45) is 0. The fraction of sp³-hybridized carbons (Fsp3) is 0.200. The predicted octanol–water partition coefficient (Wildman–Crippen LogP) is 4.67. The van der Waals surface area contributed by atoms with Crippen LogP contribution < -0.4 is 10.2 Å². The van der Waals surface area contributed by atoms with E-state index in [1.165, 1.54) is 0 Å². The lowest BCUT2D eigenvalue weighted by Gasteiger charge is -2.18. The number of para-hydroxylation sites is 2. The van der Waals surface area contributed by atoms with E-state index in [0.29, 0.717) is 11.6 Å². The molecule has 2 rings (SSSR count). The number of hydrogen-bond donors (Lipinski definition) is 1. The molecule has 0 amide bonds. The van der Waals surface area contributed by atoms with Crippen molar-refractivity contribution in [3.05, 3.63) is 58.1 Å². The molecule has 0 fully saturated rings. The molecule has 0 aromatic heterocycles. The van der Waals surface area contributed by atoms with Gasteiger partial charge in [-0.3, -0.25) is 0 Å². The van der Waals surface area contributed by atoms with Crippen molar-refractivity contribution in [2.45, 2.75) is 6.54 Å². The molecule has 0 heterocycles. The number of anilines is 2. The molecule has 2 aromatic carbocycles. The topological polar surface area (TPSA) is 15.3 Å². The molecule has 4 heteroatoms. The monoisotopic (exact) mass is 294 g/mol. The molecule has 0 unspecified atom stereocenters. The molecule has 2 aromatic rings. The Morgan fingerprint density at radius 3 is 2.53 bits per heavy atom. The molecule has 19 heavy (non-hydrogen) atoms. The van der Waals surface area contributed by atoms with Crippen LogP contribution in [0.4, 0.5) is 11.4 Å². The quantitative estimate of drug-likeness (QED) is 0.881. The lowest BCUT2D eigenvalue weighted by Crippen LogP contribution is -2.12. The molecule has 0 bridgehead atoms. The van der Waals surface area contributed by atoms with Crippen LogP contribution in [0.15, 0.2) is 42.5 Å². The minimum atomic E-state index is 0.643. The van der Waals surface area contributed by atoms with Crippen molar-refractivity contribution in [2.75, 3.05) is 24.3 Å². The first-order chi connectivity index (χ1) is 9.08. The Bertz CT molecular complexity index is 568. The van der Waals surface area contributed by atoms with Crippen molar-refractivity contribution in [1.82, 2.24) is 0 Å². The molecule has 0 aliphatic carbocycles. The van der Waals surface area contributed by atoms with Gasteiger partial charge >= 0.3 is 0 Å². The van der Waals surface area contributed by atoms with Gasteiger partial charge in [-0.15, -0.1) is 0 Å². The number of hydrogen-bond acceptors (Lipinski definition) is 2. The summed E-state index contributed by atoms with van der Waals surface area (Å²) in [5.41, 5.74) is 3.20. The van der Waals surface area contributed by atoms with E-state index in [9.17, 15) is 0 Å². The van der Waals surface area contributed by atoms with Gasteiger partial charge < -0.3 is 10.2 Å². The minimum absolute atomic E-state index is 0.643. The average Bonchev–Trinajstić information content (AvgIpc) is 2.40. The molecule has 2 nitrogen and oxygen atoms in total. The minimum Gasteiger partial charge on any atom is -0.379 e. The van der Waals surface area contributed by atoms with Crippen LogP contribution >= 0.6 is 23.2 Å². The maximum Gasteiger partial charge on any atom is 0.0596 e. The number of benzene rings is 2. The SMILES string of the molecule is CN(C)c1ccccc1NCc1cc(Cl)ccc1Cl. The highest BCUT2D eigenvalue weighted by Crippen LogP contribution is 2.26. The molecule has 1 N–H and O–H groups in total. The Morgan fingerprint density at radius 1 is 1.05 bits per heavy atom. The third-order valence-electron chi connectivity index (χ3n) is 2.86. The number of nitrogens with zero attached hydrogens (tertiary/aromatic N) is 1. The van der Waals surface area contributed by atoms with E-state index in [-0.39, 0.29) is 0 Å². The van der Waals surface area contributed by atoms with Crippen molar-refractivity contribution in [3.8, 4) is 0 Å². The van der Waals surface area contributed by atoms with Crippen molar-refractivity contribution < 1.29 is 0 Å². The second-order valence-corrected chi connectivity index (χ2v) is 5.34. The van der Waals surface area contributed by atoms with Crippen LogP contribution in [0.3, 0.4) is 0 Å². The van der Waals surface area contributed by atoms with Crippen LogP contribution in [0.1, 0.15) is 5.56 Å². The summed E-state index contributed by atoms with van der Waals surface area (Å²) in [6, 6.07) is 13.6. The summed E-state index contributed by atoms with van der Waals surface area (Å²) in [7, 11) is 4.04. The molecule has 0 saturated heterocycles. The van der Waals surface area contributed by atoms with Crippen molar-refractivity contribution in [3.63, 3.8) is 0 Å². The van der Waals surface area contributed by atoms with Gasteiger partial charge in [-0.05, 0) is 35.9 Å². The fourth-order valence-corrected chi connectivity index (χ4v) is 2.26. The van der Waals surface area contributed by atoms with Gasteiger partial charge in [-0.25, -0.2) is 0 Å². The third kappa shape index (κ3) is 3.55. The second-order valence-electron chi connectivity index (χ2n) is 4.50. The zero-order valence-corrected chi connectivity index (χ0v) is 12.5. The first-order valence-electron chi connectivity index (χ1n) is 6.02. The Hall–Kier alpha value is -1.38. The van der Waals surface area contributed by atoms with Gasteiger partial charge in [0, 0.05) is 30.7 Å². The number of nitrogens with one attached hydrogen (secondary N) is 1. The molecule has 0 aliphatic rings. The maximum absolute atomic E-state index is 6.16. The van der Waals surface area contributed by atoms with Crippen LogP contribution in [0.25, 0.3) is 0 Å². The fourth-order valence-electron chi connectivity index (χ4n) is 1.88. The summed E-state index contributed by atoms with van der Waals surface area (Å²) in [4.78, 5) is 2.07. The molecular weight excluding hydrogens is 279 g/mol. The highest BCUT2D eigenvalue weighted by molar-refractivity contribution is 6.33. The molecule has 0 aliphatic heterocycles. The van der Waals surface area contributed by atoms with Gasteiger partial charge in [-0.1, -0.05) is 35.3 Å². The zero-order valence-electron chi connectivity index (χ0n) is 11.0. The Labute approximate surface area is 123 Å². The van der Waals surface area contributed by atoms with Crippen molar-refractivity contribution in [2.24, 2.45) is 0 Å². The first-order valence-corrected chi connectivity index (χ1v) is 6.77. The first kappa shape index (κ1) is 14.0. The molecule has 0 spiro atoms. The Balaban J connectivity index is 2.17. The van der Waals surface area contributed by atoms with Crippen molar-refractivity contribution >= 4 is 34.6 Å². The van der Waals surface area contributed by atoms with Gasteiger partial charge in [-0.2, -0.15) is 0 Å². The average molecular weight is 295 g/mol. The van der Waals surface area contributed by atoms with Gasteiger partial charge in [0.15, 0.2) is 0 Å². The lowest BCUT2D eigenvalue weighted by molar-refractivity contribution is 1.10. The van der Waals surface area contributed by atoms with Gasteiger partial charge in [0.25, 0.3) is 0 Å². The van der Waals surface area contributed by atoms with E-state index in [0.717, 1.165) is 22.0 Å². The highest BCUT2D eigenvalue weighted by Gasteiger charge is 2.05. The van der Waals surface area contributed by atoms with Crippen LogP contribution in [-0.2, 0) is 6.54 Å². The van der Waals surface area contributed by atoms with Crippen LogP contribution in [0.5, 0.6) is 0 Å². The van der Waals surface area contributed by atoms with E-state index in [1.807, 2.05) is 44.4 Å². The summed E-state index contributed by atoms with van der Waals surface area (Å²) in [5, 5.41) is 4.81. The van der Waals surface area contributed by atoms with Crippen LogP contribution in [-0.4, -0.2) is 14.1 Å². The standard InChI is InChI=1S/C15H16Cl2N2/c1-19(2)15-6-4-3-5-14(15)18-10-11-9-12(16)7-8-13(11)17/h3-9,18H,10H2,1-2H3. The summed E-state index contributed by atoms with van der Waals surface area (Å²) in [6.45, 7) is 0.643. The summed E-state index contributed by atoms with van der Waals surface area (Å²) in [5.74, 6) is 0. The van der Waals surface area contributed by atoms with E-state index in [2.05, 4.69) is 16.3 Å². The van der Waals surface area contributed by atoms with Crippen LogP contribution in [0, 0.1) is 0 Å². The summed E-state index contributed by atoms with van der Waals surface area (Å²) < 4.78 is 0. The lowest BCUT2D eigenvalue weighted by atomic mass is 10.2. The Morgan fingerprint density at radius 2 is 1.79 bits per heavy atom. The third-order valence-corrected chi connectivity index (χ3v) is 3.47. The van der Waals surface area contributed by atoms with Gasteiger partial charge in [0.05, 0.1) is 11.4 Å². The molecule has 0 radical (unpaired) electrons. The molecular formula is C15H16Cl2N2. The Kier molecular flexibility index (Phi) is 4.56. The maximum atomic E-state index is 6.16. The second kappa shape index (κ2) is 6.18. The highest BCUT2D eigenvalue weighted by atomic mass is 35.5. The smallest absolute Gasteiger partial charge is 0.0596 e. The number of rotatable bonds is 4. The normalized spacial score (nSPS) is 10.3. The largest absolute Gasteiger partial charge is 0.379 e. The van der Waals surface area contributed by atoms with Gasteiger partial charge in [0.2, 0.25) is 0 Å². The van der Waals surface area contributed by atoms with E-state index < -0.39 is 0 Å². The van der Waals surface area contributed by atoms with E-state index in [1.54, 1.807) is 6.07 Å². The van der Waals surface area contributed by atoms with E-state index in [4.69, 9.17) is 23.2 Å². The molecule has 0 atom stereocenters. The van der Waals surface area contributed by atoms with E-state index >= 15 is 0 Å². The van der Waals surface area contributed by atoms with Gasteiger partial charge in [0.1, 0.15) is 0 Å². The predicted molar refractivity (Wildman–Crippen MR) is 84.6 cm³/mol.